The lowest BCUT2D eigenvalue weighted by Gasteiger charge is -2.49. The van der Waals surface area contributed by atoms with Crippen molar-refractivity contribution in [3.8, 4) is 0 Å². The quantitative estimate of drug-likeness (QED) is 0.123. The molecule has 0 bridgehead atoms. The summed E-state index contributed by atoms with van der Waals surface area (Å²) in [7, 11) is 1.52. The summed E-state index contributed by atoms with van der Waals surface area (Å²) in [4.78, 5) is 12.4. The minimum Gasteiger partial charge on any atom is -0.388 e. The highest BCUT2D eigenvalue weighted by molar-refractivity contribution is 5.81. The number of nitrogens with two attached hydrogens (primary N) is 3. The fourth-order valence-corrected chi connectivity index (χ4v) is 5.22. The van der Waals surface area contributed by atoms with Crippen molar-refractivity contribution in [1.82, 2.24) is 10.6 Å². The summed E-state index contributed by atoms with van der Waals surface area (Å²) < 4.78 is 22.7. The Balaban J connectivity index is 1.84. The van der Waals surface area contributed by atoms with Crippen LogP contribution in [0.25, 0.3) is 0 Å². The summed E-state index contributed by atoms with van der Waals surface area (Å²) in [5.74, 6) is -0.857. The Kier molecular flexibility index (Phi) is 11.0. The van der Waals surface area contributed by atoms with Crippen LogP contribution in [0, 0.1) is 0 Å². The molecule has 2 saturated heterocycles. The molecule has 1 aliphatic carbocycles. The molecule has 2 heterocycles. The number of likely N-dealkylation sites (N-methyl/N-ethyl adjacent to an activating group) is 1. The molecule has 17 nitrogen and oxygen atoms in total. The monoisotopic (exact) mass is 569 g/mol. The normalized spacial score (nSPS) is 47.9. The van der Waals surface area contributed by atoms with Crippen LogP contribution in [-0.2, 0) is 23.7 Å². The first-order valence-corrected chi connectivity index (χ1v) is 12.8. The summed E-state index contributed by atoms with van der Waals surface area (Å²) in [5.41, 5.74) is 15.8. The highest BCUT2D eigenvalue weighted by Crippen LogP contribution is 2.32. The Morgan fingerprint density at radius 1 is 1.03 bits per heavy atom. The maximum Gasteiger partial charge on any atom is 0.250 e. The van der Waals surface area contributed by atoms with Gasteiger partial charge < -0.3 is 82.5 Å². The van der Waals surface area contributed by atoms with E-state index in [1.54, 1.807) is 0 Å². The zero-order chi connectivity index (χ0) is 29.2. The van der Waals surface area contributed by atoms with Gasteiger partial charge in [-0.2, -0.15) is 0 Å². The number of nitrogens with one attached hydrogen (secondary N) is 2. The second kappa shape index (κ2) is 13.2. The van der Waals surface area contributed by atoms with E-state index in [1.807, 2.05) is 0 Å². The van der Waals surface area contributed by atoms with Gasteiger partial charge in [0, 0.05) is 19.1 Å². The topological polar surface area (TPSA) is 298 Å². The van der Waals surface area contributed by atoms with Crippen LogP contribution < -0.4 is 27.8 Å². The fraction of sp³-hybridized carbons (Fsp3) is 0.955. The van der Waals surface area contributed by atoms with E-state index in [1.165, 1.54) is 14.0 Å². The Morgan fingerprint density at radius 3 is 2.26 bits per heavy atom. The Bertz CT molecular complexity index is 811. The number of aliphatic hydroxyl groups excluding tert-OH is 6. The lowest BCUT2D eigenvalue weighted by molar-refractivity contribution is -0.330. The largest absolute Gasteiger partial charge is 0.388 e. The second-order valence-corrected chi connectivity index (χ2v) is 10.5. The Hall–Kier alpha value is -1.13. The average Bonchev–Trinajstić information content (AvgIpc) is 2.89. The zero-order valence-electron chi connectivity index (χ0n) is 21.8. The highest BCUT2D eigenvalue weighted by atomic mass is 16.7. The van der Waals surface area contributed by atoms with Crippen molar-refractivity contribution in [2.24, 2.45) is 17.2 Å². The first-order chi connectivity index (χ1) is 18.3. The predicted molar refractivity (Wildman–Crippen MR) is 130 cm³/mol. The molecule has 15 atom stereocenters. The molecule has 39 heavy (non-hydrogen) atoms. The van der Waals surface area contributed by atoms with Gasteiger partial charge in [0.1, 0.15) is 60.5 Å². The zero-order valence-corrected chi connectivity index (χ0v) is 21.8. The van der Waals surface area contributed by atoms with Crippen LogP contribution >= 0.6 is 0 Å². The summed E-state index contributed by atoms with van der Waals surface area (Å²) in [6.07, 6.45) is -16.3. The SMILES string of the molecule is CN[C@@H]1[C@H](O)[C@H](O[C@H]2[C@@H](O)[C@@H](O[C@@H]3O[C@H](CN)[C@H](O)[C@H](O)[C@@H]3O)[C@@H](N)C[C@H]2NC(=O)[C@H](O)CN)OC[C@]1(C)O. The van der Waals surface area contributed by atoms with E-state index >= 15 is 0 Å². The molecule has 0 aromatic heterocycles. The number of carbonyl (C=O) groups excluding carboxylic acids is 1. The summed E-state index contributed by atoms with van der Waals surface area (Å²) in [6.45, 7) is 0.634. The van der Waals surface area contributed by atoms with Crippen LogP contribution in [0.3, 0.4) is 0 Å². The van der Waals surface area contributed by atoms with Crippen LogP contribution in [-0.4, -0.2) is 160 Å². The predicted octanol–water partition coefficient (Wildman–Crippen LogP) is -7.52. The van der Waals surface area contributed by atoms with E-state index in [-0.39, 0.29) is 26.1 Å². The number of carbonyl (C=O) groups is 1. The first kappa shape index (κ1) is 32.4. The molecular formula is C22H43N5O12. The molecular weight excluding hydrogens is 526 g/mol. The minimum atomic E-state index is -1.72. The molecule has 228 valence electrons. The van der Waals surface area contributed by atoms with Gasteiger partial charge in [0.25, 0.3) is 0 Å². The number of hydrogen-bond donors (Lipinski definition) is 12. The van der Waals surface area contributed by atoms with Gasteiger partial charge in [-0.05, 0) is 20.4 Å². The molecule has 15 N–H and O–H groups in total. The number of aliphatic hydroxyl groups is 7. The van der Waals surface area contributed by atoms with Gasteiger partial charge in [-0.3, -0.25) is 4.79 Å². The minimum absolute atomic E-state index is 0.0836. The van der Waals surface area contributed by atoms with Crippen molar-refractivity contribution in [3.63, 3.8) is 0 Å². The van der Waals surface area contributed by atoms with Crippen molar-refractivity contribution >= 4 is 5.91 Å². The second-order valence-electron chi connectivity index (χ2n) is 10.5. The standard InChI is InChI=1S/C22H43N5O12/c1-22(35)6-36-20(15(33)18(22)26-2)39-17-8(27-19(34)9(28)4-23)3-7(25)16(14(17)32)38-21-13(31)12(30)11(29)10(5-24)37-21/h7-18,20-21,26,28-33,35H,3-6,23-25H2,1-2H3,(H,27,34)/t7-,8+,9+,10+,11-,12-,13-,14-,15-,16-,17+,18+,20-,21-,22-/m0/s1. The summed E-state index contributed by atoms with van der Waals surface area (Å²) >= 11 is 0. The van der Waals surface area contributed by atoms with Gasteiger partial charge in [-0.25, -0.2) is 0 Å². The lowest BCUT2D eigenvalue weighted by Crippen LogP contribution is -2.70. The highest BCUT2D eigenvalue weighted by Gasteiger charge is 2.53. The van der Waals surface area contributed by atoms with Crippen molar-refractivity contribution < 1.29 is 59.5 Å². The van der Waals surface area contributed by atoms with Crippen LogP contribution in [0.15, 0.2) is 0 Å². The molecule has 0 spiro atoms. The maximum absolute atomic E-state index is 12.4. The van der Waals surface area contributed by atoms with Gasteiger partial charge in [0.05, 0.1) is 18.7 Å². The summed E-state index contributed by atoms with van der Waals surface area (Å²) in [6, 6.07) is -2.92. The van der Waals surface area contributed by atoms with Gasteiger partial charge in [0.2, 0.25) is 5.91 Å². The van der Waals surface area contributed by atoms with Gasteiger partial charge in [-0.1, -0.05) is 0 Å². The molecule has 0 unspecified atom stereocenters. The van der Waals surface area contributed by atoms with Gasteiger partial charge in [-0.15, -0.1) is 0 Å². The third-order valence-corrected chi connectivity index (χ3v) is 7.50. The van der Waals surface area contributed by atoms with Gasteiger partial charge in [0.15, 0.2) is 12.6 Å². The number of amides is 1. The molecule has 0 aromatic carbocycles. The maximum atomic E-state index is 12.4. The molecule has 1 saturated carbocycles. The van der Waals surface area contributed by atoms with Crippen LogP contribution in [0.4, 0.5) is 0 Å². The fourth-order valence-electron chi connectivity index (χ4n) is 5.22. The van der Waals surface area contributed by atoms with Crippen LogP contribution in [0.2, 0.25) is 0 Å². The average molecular weight is 570 g/mol. The first-order valence-electron chi connectivity index (χ1n) is 12.8. The van der Waals surface area contributed by atoms with E-state index in [0.29, 0.717) is 0 Å². The van der Waals surface area contributed by atoms with E-state index in [4.69, 9.17) is 36.1 Å². The van der Waals surface area contributed by atoms with E-state index in [0.717, 1.165) is 0 Å². The van der Waals surface area contributed by atoms with Gasteiger partial charge >= 0.3 is 0 Å². The van der Waals surface area contributed by atoms with Crippen LogP contribution in [0.1, 0.15) is 13.3 Å². The third kappa shape index (κ3) is 6.85. The molecule has 3 fully saturated rings. The Labute approximate surface area is 225 Å². The molecule has 17 heteroatoms. The van der Waals surface area contributed by atoms with Crippen molar-refractivity contribution in [1.29, 1.82) is 0 Å². The molecule has 3 aliphatic rings. The Morgan fingerprint density at radius 2 is 1.67 bits per heavy atom. The third-order valence-electron chi connectivity index (χ3n) is 7.50. The molecule has 2 aliphatic heterocycles. The molecule has 0 aromatic rings. The number of hydrogen-bond acceptors (Lipinski definition) is 16. The van der Waals surface area contributed by atoms with E-state index < -0.39 is 97.1 Å². The molecule has 0 radical (unpaired) electrons. The lowest BCUT2D eigenvalue weighted by atomic mass is 9.83. The smallest absolute Gasteiger partial charge is 0.250 e. The van der Waals surface area contributed by atoms with Crippen molar-refractivity contribution in [2.45, 2.75) is 105 Å². The number of rotatable bonds is 9. The molecule has 1 amide bonds. The summed E-state index contributed by atoms with van der Waals surface area (Å²) in [5, 5.41) is 78.5. The number of ether oxygens (including phenoxy) is 4. The van der Waals surface area contributed by atoms with E-state index in [2.05, 4.69) is 10.6 Å². The van der Waals surface area contributed by atoms with Crippen molar-refractivity contribution in [2.75, 3.05) is 26.7 Å². The van der Waals surface area contributed by atoms with E-state index in [9.17, 15) is 40.5 Å². The van der Waals surface area contributed by atoms with Crippen molar-refractivity contribution in [3.05, 3.63) is 0 Å². The molecule has 3 rings (SSSR count). The van der Waals surface area contributed by atoms with Crippen LogP contribution in [0.5, 0.6) is 0 Å².